The Morgan fingerprint density at radius 2 is 2.08 bits per heavy atom. The Balaban J connectivity index is 1.84. The van der Waals surface area contributed by atoms with Gasteiger partial charge in [0.1, 0.15) is 0 Å². The standard InChI is InChI=1S/C15H20F2N4O3/c16-14(17)11-19-5-2-6-20(8-7-19)15(22)18-10-12-3-1-4-13(9-12)21(23)24/h1,3-4,9,14H,2,5-8,10-11H2,(H,18,22). The lowest BCUT2D eigenvalue weighted by Gasteiger charge is -2.22. The van der Waals surface area contributed by atoms with Crippen LogP contribution in [0.5, 0.6) is 0 Å². The number of hydrogen-bond acceptors (Lipinski definition) is 4. The van der Waals surface area contributed by atoms with Gasteiger partial charge in [-0.25, -0.2) is 13.6 Å². The molecule has 7 nitrogen and oxygen atoms in total. The highest BCUT2D eigenvalue weighted by Gasteiger charge is 2.20. The summed E-state index contributed by atoms with van der Waals surface area (Å²) in [5.74, 6) is 0. The Labute approximate surface area is 138 Å². The fourth-order valence-corrected chi connectivity index (χ4v) is 2.62. The predicted molar refractivity (Wildman–Crippen MR) is 84.0 cm³/mol. The highest BCUT2D eigenvalue weighted by molar-refractivity contribution is 5.74. The summed E-state index contributed by atoms with van der Waals surface area (Å²) in [6, 6.07) is 5.76. The topological polar surface area (TPSA) is 78.7 Å². The van der Waals surface area contributed by atoms with Crippen molar-refractivity contribution in [3.05, 3.63) is 39.9 Å². The first kappa shape index (κ1) is 18.1. The molecular formula is C15H20F2N4O3. The van der Waals surface area contributed by atoms with E-state index in [0.29, 0.717) is 38.2 Å². The van der Waals surface area contributed by atoms with Crippen molar-refractivity contribution in [3.8, 4) is 0 Å². The Morgan fingerprint density at radius 1 is 1.29 bits per heavy atom. The van der Waals surface area contributed by atoms with E-state index in [1.807, 2.05) is 0 Å². The van der Waals surface area contributed by atoms with Crippen molar-refractivity contribution in [2.45, 2.75) is 19.4 Å². The molecule has 1 aliphatic rings. The molecule has 1 aromatic carbocycles. The molecule has 2 rings (SSSR count). The van der Waals surface area contributed by atoms with Crippen molar-refractivity contribution < 1.29 is 18.5 Å². The summed E-state index contributed by atoms with van der Waals surface area (Å²) in [5.41, 5.74) is 0.603. The SMILES string of the molecule is O=C(NCc1cccc([N+](=O)[O-])c1)N1CCCN(CC(F)F)CC1. The molecule has 1 heterocycles. The van der Waals surface area contributed by atoms with Crippen molar-refractivity contribution in [3.63, 3.8) is 0 Å². The summed E-state index contributed by atoms with van der Waals surface area (Å²) >= 11 is 0. The van der Waals surface area contributed by atoms with E-state index < -0.39 is 11.3 Å². The van der Waals surface area contributed by atoms with Crippen LogP contribution in [0.25, 0.3) is 0 Å². The van der Waals surface area contributed by atoms with Crippen molar-refractivity contribution in [1.29, 1.82) is 0 Å². The van der Waals surface area contributed by atoms with Gasteiger partial charge in [0.2, 0.25) is 0 Å². The molecule has 24 heavy (non-hydrogen) atoms. The number of halogens is 2. The van der Waals surface area contributed by atoms with Crippen molar-refractivity contribution in [1.82, 2.24) is 15.1 Å². The number of nitrogens with zero attached hydrogens (tertiary/aromatic N) is 3. The first-order valence-electron chi connectivity index (χ1n) is 7.72. The normalized spacial score (nSPS) is 16.0. The number of hydrogen-bond donors (Lipinski definition) is 1. The maximum Gasteiger partial charge on any atom is 0.317 e. The highest BCUT2D eigenvalue weighted by atomic mass is 19.3. The van der Waals surface area contributed by atoms with Crippen LogP contribution in [-0.4, -0.2) is 59.9 Å². The molecule has 0 radical (unpaired) electrons. The van der Waals surface area contributed by atoms with Crippen molar-refractivity contribution in [2.24, 2.45) is 0 Å². The fourth-order valence-electron chi connectivity index (χ4n) is 2.62. The summed E-state index contributed by atoms with van der Waals surface area (Å²) in [6.45, 7) is 1.74. The minimum atomic E-state index is -2.38. The summed E-state index contributed by atoms with van der Waals surface area (Å²) in [5, 5.41) is 13.5. The fraction of sp³-hybridized carbons (Fsp3) is 0.533. The molecule has 1 saturated heterocycles. The zero-order chi connectivity index (χ0) is 17.5. The van der Waals surface area contributed by atoms with Crippen LogP contribution < -0.4 is 5.32 Å². The first-order valence-corrected chi connectivity index (χ1v) is 7.72. The van der Waals surface area contributed by atoms with E-state index in [1.54, 1.807) is 21.9 Å². The van der Waals surface area contributed by atoms with Gasteiger partial charge in [-0.05, 0) is 12.0 Å². The number of amides is 2. The molecule has 0 atom stereocenters. The maximum atomic E-state index is 12.4. The molecule has 0 unspecified atom stereocenters. The molecule has 0 saturated carbocycles. The average Bonchev–Trinajstić information content (AvgIpc) is 2.78. The molecule has 1 aromatic rings. The van der Waals surface area contributed by atoms with Crippen molar-refractivity contribution >= 4 is 11.7 Å². The van der Waals surface area contributed by atoms with Crippen LogP contribution >= 0.6 is 0 Å². The molecule has 0 aliphatic carbocycles. The molecule has 132 valence electrons. The minimum absolute atomic E-state index is 0.0286. The van der Waals surface area contributed by atoms with E-state index in [2.05, 4.69) is 5.32 Å². The summed E-state index contributed by atoms with van der Waals surface area (Å²) < 4.78 is 24.8. The lowest BCUT2D eigenvalue weighted by Crippen LogP contribution is -2.42. The summed E-state index contributed by atoms with van der Waals surface area (Å²) in [7, 11) is 0. The van der Waals surface area contributed by atoms with E-state index in [9.17, 15) is 23.7 Å². The number of benzene rings is 1. The number of carbonyl (C=O) groups excluding carboxylic acids is 1. The van der Waals surface area contributed by atoms with E-state index in [0.717, 1.165) is 0 Å². The quantitative estimate of drug-likeness (QED) is 0.656. The van der Waals surface area contributed by atoms with E-state index >= 15 is 0 Å². The Morgan fingerprint density at radius 3 is 2.79 bits per heavy atom. The monoisotopic (exact) mass is 342 g/mol. The third-order valence-electron chi connectivity index (χ3n) is 3.84. The molecular weight excluding hydrogens is 322 g/mol. The van der Waals surface area contributed by atoms with Gasteiger partial charge in [0.15, 0.2) is 0 Å². The van der Waals surface area contributed by atoms with Gasteiger partial charge in [0.05, 0.1) is 11.5 Å². The predicted octanol–water partition coefficient (Wildman–Crippen LogP) is 2.08. The van der Waals surface area contributed by atoms with Gasteiger partial charge in [-0.3, -0.25) is 15.0 Å². The number of nitrogens with one attached hydrogen (secondary N) is 1. The number of alkyl halides is 2. The van der Waals surface area contributed by atoms with Crippen LogP contribution in [0.3, 0.4) is 0 Å². The van der Waals surface area contributed by atoms with Crippen LogP contribution in [0.2, 0.25) is 0 Å². The largest absolute Gasteiger partial charge is 0.334 e. The lowest BCUT2D eigenvalue weighted by atomic mass is 10.2. The van der Waals surface area contributed by atoms with Crippen LogP contribution in [-0.2, 0) is 6.54 Å². The molecule has 0 spiro atoms. The lowest BCUT2D eigenvalue weighted by molar-refractivity contribution is -0.384. The molecule has 0 bridgehead atoms. The van der Waals surface area contributed by atoms with Crippen LogP contribution in [0.15, 0.2) is 24.3 Å². The van der Waals surface area contributed by atoms with Gasteiger partial charge in [0, 0.05) is 44.9 Å². The Hall–Kier alpha value is -2.29. The summed E-state index contributed by atoms with van der Waals surface area (Å²) in [4.78, 5) is 25.7. The van der Waals surface area contributed by atoms with Crippen LogP contribution in [0.1, 0.15) is 12.0 Å². The van der Waals surface area contributed by atoms with E-state index in [4.69, 9.17) is 0 Å². The van der Waals surface area contributed by atoms with Gasteiger partial charge in [-0.2, -0.15) is 0 Å². The zero-order valence-corrected chi connectivity index (χ0v) is 13.2. The van der Waals surface area contributed by atoms with Crippen LogP contribution in [0, 0.1) is 10.1 Å². The molecule has 1 fully saturated rings. The second-order valence-electron chi connectivity index (χ2n) is 5.62. The Bertz CT molecular complexity index is 586. The average molecular weight is 342 g/mol. The smallest absolute Gasteiger partial charge is 0.317 e. The van der Waals surface area contributed by atoms with Gasteiger partial charge in [-0.1, -0.05) is 12.1 Å². The molecule has 9 heteroatoms. The van der Waals surface area contributed by atoms with Gasteiger partial charge < -0.3 is 10.2 Å². The van der Waals surface area contributed by atoms with Gasteiger partial charge in [-0.15, -0.1) is 0 Å². The second kappa shape index (κ2) is 8.53. The molecule has 1 aliphatic heterocycles. The summed E-state index contributed by atoms with van der Waals surface area (Å²) in [6.07, 6.45) is -1.74. The number of nitro groups is 1. The molecule has 0 aromatic heterocycles. The molecule has 1 N–H and O–H groups in total. The van der Waals surface area contributed by atoms with Gasteiger partial charge in [0.25, 0.3) is 12.1 Å². The minimum Gasteiger partial charge on any atom is -0.334 e. The third kappa shape index (κ3) is 5.41. The first-order chi connectivity index (χ1) is 11.5. The molecule has 2 amide bonds. The second-order valence-corrected chi connectivity index (χ2v) is 5.62. The third-order valence-corrected chi connectivity index (χ3v) is 3.84. The van der Waals surface area contributed by atoms with Gasteiger partial charge >= 0.3 is 6.03 Å². The van der Waals surface area contributed by atoms with Crippen LogP contribution in [0.4, 0.5) is 19.3 Å². The van der Waals surface area contributed by atoms with Crippen molar-refractivity contribution in [2.75, 3.05) is 32.7 Å². The number of urea groups is 1. The highest BCUT2D eigenvalue weighted by Crippen LogP contribution is 2.13. The maximum absolute atomic E-state index is 12.4. The Kier molecular flexibility index (Phi) is 6.42. The number of rotatable bonds is 5. The van der Waals surface area contributed by atoms with E-state index in [-0.39, 0.29) is 24.8 Å². The van der Waals surface area contributed by atoms with E-state index in [1.165, 1.54) is 12.1 Å². The number of nitro benzene ring substituents is 1. The number of carbonyl (C=O) groups is 1. The number of non-ortho nitro benzene ring substituents is 1. The zero-order valence-electron chi connectivity index (χ0n) is 13.2.